The molecule has 0 saturated carbocycles. The van der Waals surface area contributed by atoms with E-state index in [1.54, 1.807) is 18.2 Å². The Bertz CT molecular complexity index is 476. The van der Waals surface area contributed by atoms with Crippen molar-refractivity contribution in [3.8, 4) is 0 Å². The average molecular weight is 216 g/mol. The second kappa shape index (κ2) is 3.57. The van der Waals surface area contributed by atoms with Crippen molar-refractivity contribution < 1.29 is 0 Å². The van der Waals surface area contributed by atoms with Crippen LogP contribution >= 0.6 is 0 Å². The molecule has 4 nitrogen and oxygen atoms in total. The van der Waals surface area contributed by atoms with Crippen molar-refractivity contribution in [2.45, 2.75) is 12.0 Å². The summed E-state index contributed by atoms with van der Waals surface area (Å²) < 4.78 is 0. The minimum Gasteiger partial charge on any atom is -0.399 e. The Hall–Kier alpha value is -1.94. The maximum absolute atomic E-state index is 6.29. The lowest BCUT2D eigenvalue weighted by molar-refractivity contribution is 0.564. The molecule has 0 aliphatic heterocycles. The van der Waals surface area contributed by atoms with Gasteiger partial charge in [0.05, 0.1) is 5.54 Å². The zero-order valence-electron chi connectivity index (χ0n) is 8.98. The van der Waals surface area contributed by atoms with Gasteiger partial charge in [0, 0.05) is 22.6 Å². The first kappa shape index (κ1) is 10.6. The molecule has 84 valence electrons. The van der Waals surface area contributed by atoms with Crippen LogP contribution < -0.4 is 22.9 Å². The summed E-state index contributed by atoms with van der Waals surface area (Å²) in [6.45, 7) is 0. The second-order valence-electron chi connectivity index (χ2n) is 4.13. The molecule has 0 heterocycles. The van der Waals surface area contributed by atoms with Gasteiger partial charge in [0.15, 0.2) is 0 Å². The van der Waals surface area contributed by atoms with Gasteiger partial charge in [-0.1, -0.05) is 12.2 Å². The molecular weight excluding hydrogens is 200 g/mol. The fourth-order valence-electron chi connectivity index (χ4n) is 1.84. The Morgan fingerprint density at radius 1 is 1.12 bits per heavy atom. The summed E-state index contributed by atoms with van der Waals surface area (Å²) in [5.74, 6) is 0. The van der Waals surface area contributed by atoms with Crippen LogP contribution in [0.5, 0.6) is 0 Å². The van der Waals surface area contributed by atoms with Crippen molar-refractivity contribution in [3.05, 3.63) is 47.7 Å². The van der Waals surface area contributed by atoms with Crippen LogP contribution in [0.1, 0.15) is 12.0 Å². The van der Waals surface area contributed by atoms with Crippen LogP contribution in [-0.2, 0) is 5.54 Å². The molecule has 1 unspecified atom stereocenters. The molecule has 2 rings (SSSR count). The highest BCUT2D eigenvalue weighted by Crippen LogP contribution is 2.33. The Labute approximate surface area is 94.6 Å². The third-order valence-electron chi connectivity index (χ3n) is 2.83. The summed E-state index contributed by atoms with van der Waals surface area (Å²) in [4.78, 5) is 0. The SMILES string of the molecule is NC1=CCC(N)(c2cc(N)ccc2N)C=C1. The lowest BCUT2D eigenvalue weighted by Crippen LogP contribution is -2.36. The first-order chi connectivity index (χ1) is 7.51. The molecule has 0 spiro atoms. The van der Waals surface area contributed by atoms with Gasteiger partial charge >= 0.3 is 0 Å². The Morgan fingerprint density at radius 3 is 2.50 bits per heavy atom. The summed E-state index contributed by atoms with van der Waals surface area (Å²) >= 11 is 0. The van der Waals surface area contributed by atoms with Gasteiger partial charge in [-0.15, -0.1) is 0 Å². The van der Waals surface area contributed by atoms with Crippen molar-refractivity contribution >= 4 is 11.4 Å². The third kappa shape index (κ3) is 1.75. The molecule has 0 radical (unpaired) electrons. The molecule has 0 aromatic heterocycles. The first-order valence-electron chi connectivity index (χ1n) is 5.10. The van der Waals surface area contributed by atoms with Crippen LogP contribution in [0.2, 0.25) is 0 Å². The average Bonchev–Trinajstić information content (AvgIpc) is 2.26. The molecule has 1 aliphatic rings. The smallest absolute Gasteiger partial charge is 0.0655 e. The van der Waals surface area contributed by atoms with E-state index in [0.29, 0.717) is 17.8 Å². The van der Waals surface area contributed by atoms with Gasteiger partial charge in [-0.3, -0.25) is 0 Å². The minimum atomic E-state index is -0.609. The highest BCUT2D eigenvalue weighted by Gasteiger charge is 2.27. The summed E-state index contributed by atoms with van der Waals surface area (Å²) in [7, 11) is 0. The van der Waals surface area contributed by atoms with Crippen LogP contribution in [0.25, 0.3) is 0 Å². The lowest BCUT2D eigenvalue weighted by Gasteiger charge is -2.29. The van der Waals surface area contributed by atoms with Crippen LogP contribution in [0.4, 0.5) is 11.4 Å². The van der Waals surface area contributed by atoms with E-state index < -0.39 is 5.54 Å². The summed E-state index contributed by atoms with van der Waals surface area (Å²) in [6, 6.07) is 5.35. The number of anilines is 2. The number of hydrogen-bond donors (Lipinski definition) is 4. The normalized spacial score (nSPS) is 24.2. The Kier molecular flexibility index (Phi) is 2.36. The standard InChI is InChI=1S/C12H16N4/c13-8-3-5-12(16,6-4-8)10-7-9(14)1-2-11(10)15/h1-5,7H,6,13-16H2. The summed E-state index contributed by atoms with van der Waals surface area (Å²) in [6.07, 6.45) is 6.19. The number of allylic oxidation sites excluding steroid dienone is 1. The molecule has 0 bridgehead atoms. The van der Waals surface area contributed by atoms with Crippen molar-refractivity contribution in [1.82, 2.24) is 0 Å². The highest BCUT2D eigenvalue weighted by molar-refractivity contribution is 5.59. The zero-order chi connectivity index (χ0) is 11.8. The Morgan fingerprint density at radius 2 is 1.88 bits per heavy atom. The summed E-state index contributed by atoms with van der Waals surface area (Å²) in [5.41, 5.74) is 25.9. The molecule has 1 aromatic carbocycles. The topological polar surface area (TPSA) is 104 Å². The quantitative estimate of drug-likeness (QED) is 0.521. The van der Waals surface area contributed by atoms with Gasteiger partial charge < -0.3 is 22.9 Å². The zero-order valence-corrected chi connectivity index (χ0v) is 8.98. The van der Waals surface area contributed by atoms with Crippen LogP contribution in [0.3, 0.4) is 0 Å². The number of rotatable bonds is 1. The number of hydrogen-bond acceptors (Lipinski definition) is 4. The van der Waals surface area contributed by atoms with E-state index >= 15 is 0 Å². The molecule has 1 aliphatic carbocycles. The first-order valence-corrected chi connectivity index (χ1v) is 5.10. The maximum Gasteiger partial charge on any atom is 0.0655 e. The van der Waals surface area contributed by atoms with Crippen LogP contribution in [0, 0.1) is 0 Å². The molecule has 0 saturated heterocycles. The highest BCUT2D eigenvalue weighted by atomic mass is 14.8. The predicted octanol–water partition coefficient (Wildman–Crippen LogP) is 0.808. The third-order valence-corrected chi connectivity index (χ3v) is 2.83. The van der Waals surface area contributed by atoms with Gasteiger partial charge in [0.1, 0.15) is 0 Å². The second-order valence-corrected chi connectivity index (χ2v) is 4.13. The molecule has 0 amide bonds. The van der Waals surface area contributed by atoms with Crippen molar-refractivity contribution in [1.29, 1.82) is 0 Å². The van der Waals surface area contributed by atoms with E-state index in [9.17, 15) is 0 Å². The van der Waals surface area contributed by atoms with Gasteiger partial charge in [0.25, 0.3) is 0 Å². The van der Waals surface area contributed by atoms with Gasteiger partial charge in [-0.2, -0.15) is 0 Å². The van der Waals surface area contributed by atoms with Crippen molar-refractivity contribution in [2.24, 2.45) is 11.5 Å². The molecule has 0 fully saturated rings. The minimum absolute atomic E-state index is 0.609. The van der Waals surface area contributed by atoms with E-state index in [4.69, 9.17) is 22.9 Å². The van der Waals surface area contributed by atoms with Gasteiger partial charge in [0.2, 0.25) is 0 Å². The van der Waals surface area contributed by atoms with E-state index in [0.717, 1.165) is 11.3 Å². The van der Waals surface area contributed by atoms with Gasteiger partial charge in [-0.05, 0) is 30.7 Å². The maximum atomic E-state index is 6.29. The van der Waals surface area contributed by atoms with Crippen molar-refractivity contribution in [3.63, 3.8) is 0 Å². The van der Waals surface area contributed by atoms with Crippen LogP contribution in [-0.4, -0.2) is 0 Å². The van der Waals surface area contributed by atoms with E-state index in [-0.39, 0.29) is 0 Å². The monoisotopic (exact) mass is 216 g/mol. The molecule has 16 heavy (non-hydrogen) atoms. The molecule has 1 aromatic rings. The summed E-state index contributed by atoms with van der Waals surface area (Å²) in [5, 5.41) is 0. The molecule has 8 N–H and O–H groups in total. The molecule has 1 atom stereocenters. The molecule has 4 heteroatoms. The lowest BCUT2D eigenvalue weighted by atomic mass is 9.83. The van der Waals surface area contributed by atoms with E-state index in [1.807, 2.05) is 18.2 Å². The molecular formula is C12H16N4. The van der Waals surface area contributed by atoms with Crippen molar-refractivity contribution in [2.75, 3.05) is 11.5 Å². The largest absolute Gasteiger partial charge is 0.399 e. The van der Waals surface area contributed by atoms with Gasteiger partial charge in [-0.25, -0.2) is 0 Å². The Balaban J connectivity index is 2.45. The predicted molar refractivity (Wildman–Crippen MR) is 67.2 cm³/mol. The number of nitrogens with two attached hydrogens (primary N) is 4. The van der Waals surface area contributed by atoms with E-state index in [2.05, 4.69) is 0 Å². The number of nitrogen functional groups attached to an aromatic ring is 2. The van der Waals surface area contributed by atoms with Crippen LogP contribution in [0.15, 0.2) is 42.1 Å². The number of benzene rings is 1. The van der Waals surface area contributed by atoms with E-state index in [1.165, 1.54) is 0 Å². The fourth-order valence-corrected chi connectivity index (χ4v) is 1.84. The fraction of sp³-hybridized carbons (Fsp3) is 0.167.